The molecule has 1 aliphatic rings. The van der Waals surface area contributed by atoms with E-state index in [0.717, 1.165) is 0 Å². The van der Waals surface area contributed by atoms with E-state index in [1.807, 2.05) is 0 Å². The summed E-state index contributed by atoms with van der Waals surface area (Å²) in [4.78, 5) is 12.8. The van der Waals surface area contributed by atoms with E-state index in [4.69, 9.17) is 16.7 Å². The molecular formula is C7H12ClNO2. The van der Waals surface area contributed by atoms with Gasteiger partial charge in [0.05, 0.1) is 6.10 Å². The molecule has 0 aromatic heterocycles. The van der Waals surface area contributed by atoms with E-state index in [9.17, 15) is 4.79 Å². The fraction of sp³-hybridized carbons (Fsp3) is 0.857. The molecule has 3 nitrogen and oxygen atoms in total. The molecule has 1 fully saturated rings. The van der Waals surface area contributed by atoms with E-state index in [1.54, 1.807) is 11.8 Å². The third-order valence-corrected chi connectivity index (χ3v) is 2.00. The van der Waals surface area contributed by atoms with Gasteiger partial charge >= 0.3 is 0 Å². The second-order valence-electron chi connectivity index (χ2n) is 2.84. The predicted molar refractivity (Wildman–Crippen MR) is 42.5 cm³/mol. The number of aliphatic hydroxyl groups is 1. The molecule has 11 heavy (non-hydrogen) atoms. The largest absolute Gasteiger partial charge is 0.391 e. The Bertz CT molecular complexity index is 161. The molecule has 1 aliphatic heterocycles. The lowest BCUT2D eigenvalue weighted by atomic mass is 10.3. The number of carbonyl (C=O) groups excluding carboxylic acids is 1. The van der Waals surface area contributed by atoms with Gasteiger partial charge in [-0.25, -0.2) is 0 Å². The molecule has 1 rings (SSSR count). The van der Waals surface area contributed by atoms with Crippen molar-refractivity contribution < 1.29 is 9.90 Å². The van der Waals surface area contributed by atoms with Gasteiger partial charge in [-0.2, -0.15) is 0 Å². The molecule has 2 unspecified atom stereocenters. The van der Waals surface area contributed by atoms with Crippen LogP contribution in [0.15, 0.2) is 0 Å². The van der Waals surface area contributed by atoms with Gasteiger partial charge in [-0.05, 0) is 13.3 Å². The fourth-order valence-electron chi connectivity index (χ4n) is 1.19. The Labute approximate surface area is 70.9 Å². The van der Waals surface area contributed by atoms with E-state index in [0.29, 0.717) is 19.5 Å². The SMILES string of the molecule is CC(Cl)C(=O)N1CCC(O)C1. The highest BCUT2D eigenvalue weighted by Crippen LogP contribution is 2.11. The average Bonchev–Trinajstić information content (AvgIpc) is 2.34. The Morgan fingerprint density at radius 1 is 1.82 bits per heavy atom. The van der Waals surface area contributed by atoms with Crippen LogP contribution in [0.3, 0.4) is 0 Å². The zero-order valence-electron chi connectivity index (χ0n) is 6.46. The van der Waals surface area contributed by atoms with Crippen LogP contribution in [0, 0.1) is 0 Å². The van der Waals surface area contributed by atoms with Crippen molar-refractivity contribution >= 4 is 17.5 Å². The third-order valence-electron chi connectivity index (χ3n) is 1.82. The second-order valence-corrected chi connectivity index (χ2v) is 3.50. The molecule has 2 atom stereocenters. The lowest BCUT2D eigenvalue weighted by molar-refractivity contribution is -0.129. The van der Waals surface area contributed by atoms with Crippen LogP contribution < -0.4 is 0 Å². The maximum atomic E-state index is 11.2. The van der Waals surface area contributed by atoms with E-state index in [1.165, 1.54) is 0 Å². The summed E-state index contributed by atoms with van der Waals surface area (Å²) in [7, 11) is 0. The van der Waals surface area contributed by atoms with Crippen molar-refractivity contribution in [3.8, 4) is 0 Å². The summed E-state index contributed by atoms with van der Waals surface area (Å²) in [5.41, 5.74) is 0. The first-order valence-electron chi connectivity index (χ1n) is 3.72. The molecule has 1 heterocycles. The van der Waals surface area contributed by atoms with Crippen molar-refractivity contribution in [3.05, 3.63) is 0 Å². The van der Waals surface area contributed by atoms with Crippen LogP contribution in [0.1, 0.15) is 13.3 Å². The number of hydrogen-bond donors (Lipinski definition) is 1. The van der Waals surface area contributed by atoms with Crippen LogP contribution in [0.2, 0.25) is 0 Å². The van der Waals surface area contributed by atoms with Gasteiger partial charge in [0, 0.05) is 13.1 Å². The minimum absolute atomic E-state index is 0.0804. The van der Waals surface area contributed by atoms with E-state index < -0.39 is 5.38 Å². The quantitative estimate of drug-likeness (QED) is 0.582. The molecule has 0 aromatic carbocycles. The number of hydrogen-bond acceptors (Lipinski definition) is 2. The zero-order valence-corrected chi connectivity index (χ0v) is 7.21. The van der Waals surface area contributed by atoms with Crippen molar-refractivity contribution in [2.75, 3.05) is 13.1 Å². The van der Waals surface area contributed by atoms with Crippen molar-refractivity contribution in [1.29, 1.82) is 0 Å². The summed E-state index contributed by atoms with van der Waals surface area (Å²) >= 11 is 5.58. The van der Waals surface area contributed by atoms with Crippen LogP contribution in [0.25, 0.3) is 0 Å². The van der Waals surface area contributed by atoms with Gasteiger partial charge in [-0.3, -0.25) is 4.79 Å². The average molecular weight is 178 g/mol. The molecule has 0 aliphatic carbocycles. The van der Waals surface area contributed by atoms with Gasteiger partial charge in [0.15, 0.2) is 0 Å². The Balaban J connectivity index is 2.43. The fourth-order valence-corrected chi connectivity index (χ4v) is 1.33. The number of nitrogens with zero attached hydrogens (tertiary/aromatic N) is 1. The second kappa shape index (κ2) is 3.41. The minimum atomic E-state index is -0.472. The molecule has 64 valence electrons. The van der Waals surface area contributed by atoms with Crippen molar-refractivity contribution in [3.63, 3.8) is 0 Å². The maximum Gasteiger partial charge on any atom is 0.240 e. The molecule has 0 saturated carbocycles. The number of rotatable bonds is 1. The zero-order chi connectivity index (χ0) is 8.43. The molecule has 1 N–H and O–H groups in total. The number of carbonyl (C=O) groups is 1. The van der Waals surface area contributed by atoms with Gasteiger partial charge in [0.2, 0.25) is 5.91 Å². The monoisotopic (exact) mass is 177 g/mol. The van der Waals surface area contributed by atoms with Gasteiger partial charge in [0.1, 0.15) is 5.38 Å². The summed E-state index contributed by atoms with van der Waals surface area (Å²) in [5.74, 6) is -0.0804. The Morgan fingerprint density at radius 3 is 2.82 bits per heavy atom. The maximum absolute atomic E-state index is 11.2. The molecule has 1 amide bonds. The Hall–Kier alpha value is -0.280. The number of β-amino-alcohol motifs (C(OH)–C–C–N with tert-alkyl or cyclic N) is 1. The Morgan fingerprint density at radius 2 is 2.45 bits per heavy atom. The van der Waals surface area contributed by atoms with Crippen molar-refractivity contribution in [2.45, 2.75) is 24.8 Å². The first-order valence-corrected chi connectivity index (χ1v) is 4.16. The normalized spacial score (nSPS) is 27.2. The van der Waals surface area contributed by atoms with Crippen LogP contribution in [0.4, 0.5) is 0 Å². The number of alkyl halides is 1. The number of likely N-dealkylation sites (tertiary alicyclic amines) is 1. The van der Waals surface area contributed by atoms with Crippen LogP contribution in [-0.2, 0) is 4.79 Å². The first kappa shape index (κ1) is 8.81. The molecule has 0 radical (unpaired) electrons. The summed E-state index contributed by atoms with van der Waals surface area (Å²) in [5, 5.41) is 8.62. The highest BCUT2D eigenvalue weighted by molar-refractivity contribution is 6.30. The number of aliphatic hydroxyl groups excluding tert-OH is 1. The van der Waals surface area contributed by atoms with E-state index >= 15 is 0 Å². The van der Waals surface area contributed by atoms with Crippen molar-refractivity contribution in [2.24, 2.45) is 0 Å². The van der Waals surface area contributed by atoms with Gasteiger partial charge < -0.3 is 10.0 Å². The number of amides is 1. The molecule has 0 bridgehead atoms. The van der Waals surface area contributed by atoms with Crippen LogP contribution in [-0.4, -0.2) is 40.5 Å². The van der Waals surface area contributed by atoms with Crippen molar-refractivity contribution in [1.82, 2.24) is 4.90 Å². The first-order chi connectivity index (χ1) is 5.11. The van der Waals surface area contributed by atoms with E-state index in [-0.39, 0.29) is 12.0 Å². The highest BCUT2D eigenvalue weighted by atomic mass is 35.5. The predicted octanol–water partition coefficient (Wildman–Crippen LogP) is 0.207. The molecule has 1 saturated heterocycles. The molecular weight excluding hydrogens is 166 g/mol. The van der Waals surface area contributed by atoms with Gasteiger partial charge in [0.25, 0.3) is 0 Å². The van der Waals surface area contributed by atoms with Crippen LogP contribution >= 0.6 is 11.6 Å². The summed E-state index contributed by atoms with van der Waals surface area (Å²) in [6, 6.07) is 0. The Kier molecular flexibility index (Phi) is 2.73. The topological polar surface area (TPSA) is 40.5 Å². The van der Waals surface area contributed by atoms with E-state index in [2.05, 4.69) is 0 Å². The lowest BCUT2D eigenvalue weighted by Crippen LogP contribution is -2.34. The lowest BCUT2D eigenvalue weighted by Gasteiger charge is -2.16. The molecule has 0 spiro atoms. The molecule has 4 heteroatoms. The minimum Gasteiger partial charge on any atom is -0.391 e. The summed E-state index contributed by atoms with van der Waals surface area (Å²) in [6.45, 7) is 2.72. The smallest absolute Gasteiger partial charge is 0.240 e. The summed E-state index contributed by atoms with van der Waals surface area (Å²) < 4.78 is 0. The summed E-state index contributed by atoms with van der Waals surface area (Å²) in [6.07, 6.45) is 0.324. The van der Waals surface area contributed by atoms with Gasteiger partial charge in [-0.1, -0.05) is 0 Å². The standard InChI is InChI=1S/C7H12ClNO2/c1-5(8)7(11)9-3-2-6(10)4-9/h5-6,10H,2-4H2,1H3. The third kappa shape index (κ3) is 2.07. The highest BCUT2D eigenvalue weighted by Gasteiger charge is 2.26. The van der Waals surface area contributed by atoms with Crippen LogP contribution in [0.5, 0.6) is 0 Å². The van der Waals surface area contributed by atoms with Gasteiger partial charge in [-0.15, -0.1) is 11.6 Å². The number of halogens is 1. The molecule has 0 aromatic rings.